The molecule has 2 rings (SSSR count). The second-order valence-corrected chi connectivity index (χ2v) is 6.36. The van der Waals surface area contributed by atoms with Gasteiger partial charge in [-0.1, -0.05) is 19.1 Å². The zero-order valence-corrected chi connectivity index (χ0v) is 15.1. The molecule has 132 valence electrons. The van der Waals surface area contributed by atoms with Crippen LogP contribution in [-0.4, -0.2) is 31.5 Å². The number of rotatable bonds is 6. The number of carbonyl (C=O) groups excluding carboxylic acids is 3. The Hall–Kier alpha value is -2.67. The van der Waals surface area contributed by atoms with Gasteiger partial charge >= 0.3 is 5.97 Å². The fraction of sp³-hybridized carbons (Fsp3) is 0.278. The normalized spacial score (nSPS) is 10.2. The van der Waals surface area contributed by atoms with E-state index in [-0.39, 0.29) is 5.56 Å². The number of amides is 2. The second-order valence-electron chi connectivity index (χ2n) is 5.22. The molecule has 1 N–H and O–H groups in total. The first kappa shape index (κ1) is 18.7. The number of benzene rings is 1. The maximum atomic E-state index is 12.1. The van der Waals surface area contributed by atoms with E-state index in [2.05, 4.69) is 5.32 Å². The molecule has 1 aromatic heterocycles. The molecule has 7 heteroatoms. The lowest BCUT2D eigenvalue weighted by molar-refractivity contribution is -0.123. The first-order chi connectivity index (χ1) is 12.0. The summed E-state index contributed by atoms with van der Waals surface area (Å²) in [6.45, 7) is 3.40. The van der Waals surface area contributed by atoms with E-state index >= 15 is 0 Å². The third-order valence-corrected chi connectivity index (χ3v) is 4.84. The molecular formula is C18H19NO5S. The van der Waals surface area contributed by atoms with Gasteiger partial charge < -0.3 is 9.47 Å². The van der Waals surface area contributed by atoms with Gasteiger partial charge in [-0.25, -0.2) is 4.79 Å². The summed E-state index contributed by atoms with van der Waals surface area (Å²) >= 11 is 1.35. The fourth-order valence-corrected chi connectivity index (χ4v) is 3.24. The van der Waals surface area contributed by atoms with E-state index in [1.807, 2.05) is 13.8 Å². The van der Waals surface area contributed by atoms with Crippen molar-refractivity contribution in [2.24, 2.45) is 0 Å². The van der Waals surface area contributed by atoms with E-state index < -0.39 is 24.4 Å². The number of methoxy groups -OCH3 is 1. The first-order valence-electron chi connectivity index (χ1n) is 7.69. The van der Waals surface area contributed by atoms with Gasteiger partial charge in [0.2, 0.25) is 0 Å². The second kappa shape index (κ2) is 8.43. The number of hydrogen-bond acceptors (Lipinski definition) is 6. The number of thiophene rings is 1. The summed E-state index contributed by atoms with van der Waals surface area (Å²) in [7, 11) is 1.43. The fourth-order valence-electron chi connectivity index (χ4n) is 2.24. The van der Waals surface area contributed by atoms with Crippen molar-refractivity contribution in [3.63, 3.8) is 0 Å². The lowest BCUT2D eigenvalue weighted by Crippen LogP contribution is -2.34. The number of imide groups is 1. The average Bonchev–Trinajstić information content (AvgIpc) is 3.00. The van der Waals surface area contributed by atoms with Crippen molar-refractivity contribution in [1.82, 2.24) is 5.32 Å². The Morgan fingerprint density at radius 2 is 1.92 bits per heavy atom. The Balaban J connectivity index is 1.91. The number of hydrogen-bond donors (Lipinski definition) is 1. The minimum Gasteiger partial charge on any atom is -0.496 e. The van der Waals surface area contributed by atoms with Gasteiger partial charge in [0.1, 0.15) is 10.6 Å². The quantitative estimate of drug-likeness (QED) is 0.800. The Kier molecular flexibility index (Phi) is 6.30. The van der Waals surface area contributed by atoms with Gasteiger partial charge in [-0.15, -0.1) is 11.3 Å². The summed E-state index contributed by atoms with van der Waals surface area (Å²) in [4.78, 5) is 37.5. The maximum absolute atomic E-state index is 12.1. The molecule has 2 aromatic rings. The van der Waals surface area contributed by atoms with Crippen molar-refractivity contribution >= 4 is 29.1 Å². The third-order valence-electron chi connectivity index (χ3n) is 3.48. The molecule has 1 heterocycles. The van der Waals surface area contributed by atoms with Gasteiger partial charge in [0.05, 0.1) is 12.7 Å². The summed E-state index contributed by atoms with van der Waals surface area (Å²) in [5, 5.41) is 2.17. The minimum absolute atomic E-state index is 0.228. The summed E-state index contributed by atoms with van der Waals surface area (Å²) < 4.78 is 10.0. The highest BCUT2D eigenvalue weighted by atomic mass is 32.1. The molecule has 1 aromatic carbocycles. The molecule has 0 spiro atoms. The van der Waals surface area contributed by atoms with Crippen molar-refractivity contribution in [2.75, 3.05) is 13.7 Å². The van der Waals surface area contributed by atoms with Crippen LogP contribution >= 0.6 is 11.3 Å². The summed E-state index contributed by atoms with van der Waals surface area (Å²) in [5.41, 5.74) is 1.25. The van der Waals surface area contributed by atoms with Crippen LogP contribution in [0.15, 0.2) is 30.3 Å². The SMILES string of the molecule is CCc1sc(C(=O)OCC(=O)NC(=O)c2ccccc2OC)cc1C. The van der Waals surface area contributed by atoms with Gasteiger partial charge in [0, 0.05) is 4.88 Å². The molecule has 0 unspecified atom stereocenters. The van der Waals surface area contributed by atoms with Crippen LogP contribution in [0.4, 0.5) is 0 Å². The monoisotopic (exact) mass is 361 g/mol. The average molecular weight is 361 g/mol. The molecule has 0 saturated carbocycles. The molecule has 2 amide bonds. The topological polar surface area (TPSA) is 81.7 Å². The Morgan fingerprint density at radius 3 is 2.56 bits per heavy atom. The van der Waals surface area contributed by atoms with Crippen molar-refractivity contribution in [1.29, 1.82) is 0 Å². The molecule has 25 heavy (non-hydrogen) atoms. The Bertz CT molecular complexity index is 797. The van der Waals surface area contributed by atoms with Crippen LogP contribution in [0.25, 0.3) is 0 Å². The van der Waals surface area contributed by atoms with Gasteiger partial charge in [-0.3, -0.25) is 14.9 Å². The molecule has 0 radical (unpaired) electrons. The van der Waals surface area contributed by atoms with Gasteiger partial charge in [-0.2, -0.15) is 0 Å². The Labute approximate surface area is 149 Å². The van der Waals surface area contributed by atoms with Gasteiger partial charge in [-0.05, 0) is 37.1 Å². The molecule has 0 fully saturated rings. The van der Waals surface area contributed by atoms with Crippen LogP contribution in [0.2, 0.25) is 0 Å². The predicted molar refractivity (Wildman–Crippen MR) is 94.2 cm³/mol. The maximum Gasteiger partial charge on any atom is 0.348 e. The van der Waals surface area contributed by atoms with Crippen LogP contribution in [0.5, 0.6) is 5.75 Å². The first-order valence-corrected chi connectivity index (χ1v) is 8.51. The van der Waals surface area contributed by atoms with Gasteiger partial charge in [0.25, 0.3) is 11.8 Å². The molecular weight excluding hydrogens is 342 g/mol. The summed E-state index contributed by atoms with van der Waals surface area (Å²) in [5.74, 6) is -1.54. The highest BCUT2D eigenvalue weighted by Gasteiger charge is 2.18. The standard InChI is InChI=1S/C18H19NO5S/c1-4-14-11(2)9-15(25-14)18(22)24-10-16(20)19-17(21)12-7-5-6-8-13(12)23-3/h5-9H,4,10H2,1-3H3,(H,19,20,21). The predicted octanol–water partition coefficient (Wildman–Crippen LogP) is 2.74. The zero-order valence-electron chi connectivity index (χ0n) is 14.3. The number of ether oxygens (including phenoxy) is 2. The lowest BCUT2D eigenvalue weighted by Gasteiger charge is -2.08. The smallest absolute Gasteiger partial charge is 0.348 e. The zero-order chi connectivity index (χ0) is 18.4. The summed E-state index contributed by atoms with van der Waals surface area (Å²) in [6.07, 6.45) is 0.831. The minimum atomic E-state index is -0.701. The highest BCUT2D eigenvalue weighted by Crippen LogP contribution is 2.23. The van der Waals surface area contributed by atoms with E-state index in [0.717, 1.165) is 16.9 Å². The molecule has 0 bridgehead atoms. The number of carbonyl (C=O) groups is 3. The molecule has 0 aliphatic rings. The van der Waals surface area contributed by atoms with Crippen molar-refractivity contribution < 1.29 is 23.9 Å². The largest absolute Gasteiger partial charge is 0.496 e. The number of aryl methyl sites for hydroxylation is 2. The van der Waals surface area contributed by atoms with Crippen LogP contribution < -0.4 is 10.1 Å². The van der Waals surface area contributed by atoms with Crippen molar-refractivity contribution in [3.8, 4) is 5.75 Å². The van der Waals surface area contributed by atoms with E-state index in [9.17, 15) is 14.4 Å². The molecule has 6 nitrogen and oxygen atoms in total. The van der Waals surface area contributed by atoms with Crippen LogP contribution in [-0.2, 0) is 16.0 Å². The number of esters is 1. The van der Waals surface area contributed by atoms with E-state index in [1.165, 1.54) is 24.5 Å². The van der Waals surface area contributed by atoms with E-state index in [1.54, 1.807) is 24.3 Å². The molecule has 0 aliphatic carbocycles. The third kappa shape index (κ3) is 4.67. The van der Waals surface area contributed by atoms with Crippen molar-refractivity contribution in [2.45, 2.75) is 20.3 Å². The molecule has 0 atom stereocenters. The van der Waals surface area contributed by atoms with Crippen molar-refractivity contribution in [3.05, 3.63) is 51.2 Å². The molecule has 0 saturated heterocycles. The number of para-hydroxylation sites is 1. The van der Waals surface area contributed by atoms with Crippen LogP contribution in [0, 0.1) is 6.92 Å². The van der Waals surface area contributed by atoms with Crippen LogP contribution in [0.1, 0.15) is 37.4 Å². The Morgan fingerprint density at radius 1 is 1.20 bits per heavy atom. The van der Waals surface area contributed by atoms with Crippen LogP contribution in [0.3, 0.4) is 0 Å². The molecule has 0 aliphatic heterocycles. The van der Waals surface area contributed by atoms with Gasteiger partial charge in [0.15, 0.2) is 6.61 Å². The lowest BCUT2D eigenvalue weighted by atomic mass is 10.2. The van der Waals surface area contributed by atoms with E-state index in [0.29, 0.717) is 10.6 Å². The summed E-state index contributed by atoms with van der Waals surface area (Å²) in [6, 6.07) is 8.26. The number of nitrogens with one attached hydrogen (secondary N) is 1. The van der Waals surface area contributed by atoms with E-state index in [4.69, 9.17) is 9.47 Å². The highest BCUT2D eigenvalue weighted by molar-refractivity contribution is 7.14.